The molecule has 5 rings (SSSR count). The van der Waals surface area contributed by atoms with E-state index in [9.17, 15) is 23.6 Å². The minimum Gasteiger partial charge on any atom is -0.444 e. The van der Waals surface area contributed by atoms with E-state index in [1.165, 1.54) is 11.0 Å². The first-order valence-corrected chi connectivity index (χ1v) is 13.9. The van der Waals surface area contributed by atoms with Crippen LogP contribution in [0.25, 0.3) is 0 Å². The Morgan fingerprint density at radius 3 is 2.73 bits per heavy atom. The van der Waals surface area contributed by atoms with E-state index in [4.69, 9.17) is 14.3 Å². The second-order valence-corrected chi connectivity index (χ2v) is 11.1. The number of halogens is 1. The van der Waals surface area contributed by atoms with Crippen LogP contribution in [-0.2, 0) is 28.7 Å². The van der Waals surface area contributed by atoms with E-state index >= 15 is 0 Å². The van der Waals surface area contributed by atoms with E-state index in [1.807, 2.05) is 6.92 Å². The number of nitrogens with one attached hydrogen (secondary N) is 2. The monoisotopic (exact) mass is 558 g/mol. The summed E-state index contributed by atoms with van der Waals surface area (Å²) >= 11 is 0. The van der Waals surface area contributed by atoms with Gasteiger partial charge in [0.2, 0.25) is 11.7 Å². The molecule has 1 saturated carbocycles. The highest BCUT2D eigenvalue weighted by molar-refractivity contribution is 6.38. The number of rotatable bonds is 9. The maximum atomic E-state index is 13.8. The summed E-state index contributed by atoms with van der Waals surface area (Å²) in [4.78, 5) is 59.4. The van der Waals surface area contributed by atoms with Gasteiger partial charge in [-0.3, -0.25) is 19.3 Å². The van der Waals surface area contributed by atoms with Gasteiger partial charge >= 0.3 is 6.09 Å². The van der Waals surface area contributed by atoms with Gasteiger partial charge in [0, 0.05) is 25.3 Å². The van der Waals surface area contributed by atoms with Gasteiger partial charge < -0.3 is 24.9 Å². The lowest BCUT2D eigenvalue weighted by Crippen LogP contribution is -2.53. The highest BCUT2D eigenvalue weighted by Crippen LogP contribution is 2.39. The van der Waals surface area contributed by atoms with Crippen LogP contribution in [0, 0.1) is 12.7 Å². The Morgan fingerprint density at radius 1 is 1.25 bits per heavy atom. The first kappa shape index (κ1) is 28.0. The summed E-state index contributed by atoms with van der Waals surface area (Å²) in [5.41, 5.74) is 0.734. The van der Waals surface area contributed by atoms with Gasteiger partial charge in [-0.1, -0.05) is 24.6 Å². The van der Waals surface area contributed by atoms with Crippen molar-refractivity contribution in [3.63, 3.8) is 0 Å². The van der Waals surface area contributed by atoms with Gasteiger partial charge in [0.25, 0.3) is 5.91 Å². The van der Waals surface area contributed by atoms with E-state index in [0.29, 0.717) is 42.7 Å². The van der Waals surface area contributed by atoms with Crippen LogP contribution >= 0.6 is 0 Å². The highest BCUT2D eigenvalue weighted by Gasteiger charge is 2.55. The third kappa shape index (κ3) is 6.11. The van der Waals surface area contributed by atoms with E-state index in [-0.39, 0.29) is 37.9 Å². The zero-order valence-corrected chi connectivity index (χ0v) is 22.7. The molecule has 216 valence electrons. The van der Waals surface area contributed by atoms with Gasteiger partial charge in [-0.2, -0.15) is 0 Å². The molecule has 0 aromatic heterocycles. The number of benzene rings is 1. The predicted octanol–water partition coefficient (Wildman–Crippen LogP) is 2.13. The quantitative estimate of drug-likeness (QED) is 0.443. The molecule has 1 aromatic carbocycles. The number of hydrogen-bond acceptors (Lipinski definition) is 8. The SMILES string of the molecule is CCC[C@H](NC(=O)[C@@H]1C[C@]2(CC(c3ccc(F)c(C)c3)=NO2)CN1C(=O)O[C@H]1CCOC1)C(=O)C(=O)NC1CC1. The summed E-state index contributed by atoms with van der Waals surface area (Å²) in [6.07, 6.45) is 2.34. The van der Waals surface area contributed by atoms with Crippen molar-refractivity contribution in [3.05, 3.63) is 35.1 Å². The third-order valence-corrected chi connectivity index (χ3v) is 7.77. The van der Waals surface area contributed by atoms with Crippen LogP contribution in [0.3, 0.4) is 0 Å². The van der Waals surface area contributed by atoms with Gasteiger partial charge in [-0.25, -0.2) is 9.18 Å². The number of ether oxygens (including phenoxy) is 2. The van der Waals surface area contributed by atoms with Gasteiger partial charge in [0.05, 0.1) is 31.5 Å². The Morgan fingerprint density at radius 2 is 2.05 bits per heavy atom. The lowest BCUT2D eigenvalue weighted by Gasteiger charge is -2.26. The maximum Gasteiger partial charge on any atom is 0.410 e. The fourth-order valence-corrected chi connectivity index (χ4v) is 5.35. The van der Waals surface area contributed by atoms with E-state index in [1.54, 1.807) is 19.1 Å². The highest BCUT2D eigenvalue weighted by atomic mass is 19.1. The molecule has 3 aliphatic heterocycles. The zero-order chi connectivity index (χ0) is 28.4. The van der Waals surface area contributed by atoms with Crippen LogP contribution in [0.4, 0.5) is 9.18 Å². The molecular weight excluding hydrogens is 523 g/mol. The number of hydrogen-bond donors (Lipinski definition) is 2. The molecule has 3 heterocycles. The molecule has 1 aliphatic carbocycles. The van der Waals surface area contributed by atoms with Gasteiger partial charge in [-0.05, 0) is 49.4 Å². The van der Waals surface area contributed by atoms with Crippen molar-refractivity contribution in [2.45, 2.75) is 88.6 Å². The standard InChI is InChI=1S/C28H35FN4O7/c1-3-4-21(24(34)26(36)30-18-6-7-18)31-25(35)23-13-28(15-33(23)27(37)39-19-9-10-38-14-19)12-22(32-40-28)17-5-8-20(29)16(2)11-17/h5,8,11,18-19,21,23H,3-4,6-7,9-10,12-15H2,1-2H3,(H,30,36)(H,31,35)/t19-,21-,23-,28+/m0/s1. The minimum atomic E-state index is -1.02. The molecule has 3 fully saturated rings. The Labute approximate surface area is 231 Å². The minimum absolute atomic E-state index is 0.00699. The lowest BCUT2D eigenvalue weighted by molar-refractivity contribution is -0.140. The van der Waals surface area contributed by atoms with Crippen LogP contribution in [-0.4, -0.2) is 83.9 Å². The lowest BCUT2D eigenvalue weighted by atomic mass is 9.91. The average Bonchev–Trinajstić information content (AvgIpc) is 3.30. The molecule has 4 atom stereocenters. The second kappa shape index (κ2) is 11.5. The van der Waals surface area contributed by atoms with Crippen LogP contribution < -0.4 is 10.6 Å². The Balaban J connectivity index is 1.32. The van der Waals surface area contributed by atoms with E-state index < -0.39 is 47.5 Å². The number of aryl methyl sites for hydroxylation is 1. The van der Waals surface area contributed by atoms with Crippen molar-refractivity contribution < 1.29 is 37.9 Å². The molecule has 1 aromatic rings. The van der Waals surface area contributed by atoms with Crippen molar-refractivity contribution in [1.29, 1.82) is 0 Å². The summed E-state index contributed by atoms with van der Waals surface area (Å²) in [5.74, 6) is -2.32. The maximum absolute atomic E-state index is 13.8. The largest absolute Gasteiger partial charge is 0.444 e. The van der Waals surface area contributed by atoms with Crippen molar-refractivity contribution in [2.75, 3.05) is 19.8 Å². The molecule has 0 bridgehead atoms. The number of carbonyl (C=O) groups excluding carboxylic acids is 4. The van der Waals surface area contributed by atoms with Crippen molar-refractivity contribution >= 4 is 29.4 Å². The molecule has 0 unspecified atom stereocenters. The zero-order valence-electron chi connectivity index (χ0n) is 22.7. The van der Waals surface area contributed by atoms with Gasteiger partial charge in [0.1, 0.15) is 18.0 Å². The normalized spacial score (nSPS) is 26.3. The number of oxime groups is 1. The third-order valence-electron chi connectivity index (χ3n) is 7.77. The van der Waals surface area contributed by atoms with Gasteiger partial charge in [-0.15, -0.1) is 0 Å². The van der Waals surface area contributed by atoms with Crippen LogP contribution in [0.15, 0.2) is 23.4 Å². The number of amides is 3. The predicted molar refractivity (Wildman–Crippen MR) is 140 cm³/mol. The molecule has 4 aliphatic rings. The summed E-state index contributed by atoms with van der Waals surface area (Å²) in [7, 11) is 0. The second-order valence-electron chi connectivity index (χ2n) is 11.1. The Hall–Kier alpha value is -3.54. The smallest absolute Gasteiger partial charge is 0.410 e. The Kier molecular flexibility index (Phi) is 8.07. The van der Waals surface area contributed by atoms with E-state index in [2.05, 4.69) is 15.8 Å². The fraction of sp³-hybridized carbons (Fsp3) is 0.607. The van der Waals surface area contributed by atoms with Crippen LogP contribution in [0.2, 0.25) is 0 Å². The van der Waals surface area contributed by atoms with Crippen LogP contribution in [0.1, 0.15) is 63.0 Å². The number of carbonyl (C=O) groups is 4. The molecule has 3 amide bonds. The van der Waals surface area contributed by atoms with Crippen molar-refractivity contribution in [1.82, 2.24) is 15.5 Å². The Bertz CT molecular complexity index is 1210. The molecule has 11 nitrogen and oxygen atoms in total. The van der Waals surface area contributed by atoms with Gasteiger partial charge in [0.15, 0.2) is 5.60 Å². The number of nitrogens with zero attached hydrogens (tertiary/aromatic N) is 2. The van der Waals surface area contributed by atoms with Crippen molar-refractivity contribution in [3.8, 4) is 0 Å². The molecule has 0 radical (unpaired) electrons. The average molecular weight is 559 g/mol. The number of ketones is 1. The number of likely N-dealkylation sites (tertiary alicyclic amines) is 1. The first-order valence-electron chi connectivity index (χ1n) is 13.9. The van der Waals surface area contributed by atoms with Crippen LogP contribution in [0.5, 0.6) is 0 Å². The molecule has 40 heavy (non-hydrogen) atoms. The number of Topliss-reactive ketones (excluding diaryl/α,β-unsaturated/α-hetero) is 1. The molecule has 2 N–H and O–H groups in total. The molecule has 1 spiro atoms. The summed E-state index contributed by atoms with van der Waals surface area (Å²) < 4.78 is 24.8. The fourth-order valence-electron chi connectivity index (χ4n) is 5.35. The summed E-state index contributed by atoms with van der Waals surface area (Å²) in [5, 5.41) is 9.63. The molecule has 12 heteroatoms. The molecular formula is C28H35FN4O7. The summed E-state index contributed by atoms with van der Waals surface area (Å²) in [6, 6.07) is 2.62. The molecule has 2 saturated heterocycles. The van der Waals surface area contributed by atoms with E-state index in [0.717, 1.165) is 12.8 Å². The summed E-state index contributed by atoms with van der Waals surface area (Å²) in [6.45, 7) is 4.29. The van der Waals surface area contributed by atoms with Crippen molar-refractivity contribution in [2.24, 2.45) is 5.16 Å². The topological polar surface area (TPSA) is 136 Å². The first-order chi connectivity index (χ1) is 19.2.